The maximum atomic E-state index is 12.2. The van der Waals surface area contributed by atoms with Crippen molar-refractivity contribution in [3.63, 3.8) is 0 Å². The second kappa shape index (κ2) is 6.69. The first-order valence-electron chi connectivity index (χ1n) is 6.24. The van der Waals surface area contributed by atoms with Crippen molar-refractivity contribution >= 4 is 39.4 Å². The normalized spacial score (nSPS) is 12.5. The summed E-state index contributed by atoms with van der Waals surface area (Å²) in [6.45, 7) is 0. The van der Waals surface area contributed by atoms with Gasteiger partial charge in [0.1, 0.15) is 5.75 Å². The molecule has 0 aliphatic rings. The van der Waals surface area contributed by atoms with E-state index in [4.69, 9.17) is 27.9 Å². The number of methoxy groups -OCH3 is 1. The summed E-state index contributed by atoms with van der Waals surface area (Å²) in [5.41, 5.74) is 0.534. The van der Waals surface area contributed by atoms with E-state index in [1.807, 2.05) is 0 Å². The molecule has 0 heterocycles. The first-order valence-corrected chi connectivity index (χ1v) is 8.44. The Morgan fingerprint density at radius 1 is 1.05 bits per heavy atom. The molecule has 0 fully saturated rings. The molecule has 0 saturated carbocycles. The van der Waals surface area contributed by atoms with Crippen molar-refractivity contribution in [2.45, 2.75) is 9.23 Å². The second-order valence-electron chi connectivity index (χ2n) is 4.37. The average Bonchev–Trinajstić information content (AvgIpc) is 2.54. The highest BCUT2D eigenvalue weighted by molar-refractivity contribution is 7.90. The standard InChI is InChI=1S/C15H13Cl2NO3S/c1-21-13-7-9-14(10-8-13)22(19,20)18-11-15(16,17)12-5-3-2-4-6-12/h2-11H,1H3. The molecule has 0 saturated heterocycles. The molecule has 0 aliphatic heterocycles. The molecule has 22 heavy (non-hydrogen) atoms. The molecular formula is C15H13Cl2NO3S. The van der Waals surface area contributed by atoms with Gasteiger partial charge in [-0.3, -0.25) is 0 Å². The van der Waals surface area contributed by atoms with Gasteiger partial charge in [-0.25, -0.2) is 0 Å². The average molecular weight is 358 g/mol. The fourth-order valence-electron chi connectivity index (χ4n) is 1.68. The van der Waals surface area contributed by atoms with Crippen LogP contribution in [0.3, 0.4) is 0 Å². The summed E-state index contributed by atoms with van der Waals surface area (Å²) in [5, 5.41) is 0. The smallest absolute Gasteiger partial charge is 0.282 e. The van der Waals surface area contributed by atoms with Crippen LogP contribution < -0.4 is 4.74 Å². The molecule has 0 aliphatic carbocycles. The van der Waals surface area contributed by atoms with E-state index in [2.05, 4.69) is 4.40 Å². The zero-order chi connectivity index (χ0) is 16.2. The Hall–Kier alpha value is -1.56. The van der Waals surface area contributed by atoms with Crippen LogP contribution in [0.15, 0.2) is 63.9 Å². The number of hydrogen-bond acceptors (Lipinski definition) is 3. The molecule has 0 bridgehead atoms. The lowest BCUT2D eigenvalue weighted by molar-refractivity contribution is 0.414. The Labute approximate surface area is 139 Å². The predicted octanol–water partition coefficient (Wildman–Crippen LogP) is 3.79. The molecular weight excluding hydrogens is 345 g/mol. The van der Waals surface area contributed by atoms with E-state index < -0.39 is 14.4 Å². The number of hydrogen-bond donors (Lipinski definition) is 0. The molecule has 0 aromatic heterocycles. The number of ether oxygens (including phenoxy) is 1. The minimum Gasteiger partial charge on any atom is -0.497 e. The summed E-state index contributed by atoms with van der Waals surface area (Å²) in [7, 11) is -2.38. The Kier molecular flexibility index (Phi) is 5.11. The Morgan fingerprint density at radius 2 is 1.64 bits per heavy atom. The van der Waals surface area contributed by atoms with Crippen LogP contribution in [-0.4, -0.2) is 21.7 Å². The van der Waals surface area contributed by atoms with Crippen LogP contribution in [-0.2, 0) is 14.4 Å². The van der Waals surface area contributed by atoms with Crippen LogP contribution in [0.25, 0.3) is 0 Å². The Morgan fingerprint density at radius 3 is 2.18 bits per heavy atom. The monoisotopic (exact) mass is 357 g/mol. The molecule has 0 spiro atoms. The van der Waals surface area contributed by atoms with Gasteiger partial charge >= 0.3 is 0 Å². The van der Waals surface area contributed by atoms with Gasteiger partial charge in [-0.15, -0.1) is 0 Å². The van der Waals surface area contributed by atoms with E-state index in [-0.39, 0.29) is 4.90 Å². The van der Waals surface area contributed by atoms with Gasteiger partial charge in [0.2, 0.25) is 0 Å². The zero-order valence-corrected chi connectivity index (χ0v) is 13.9. The second-order valence-corrected chi connectivity index (χ2v) is 7.39. The van der Waals surface area contributed by atoms with Crippen LogP contribution >= 0.6 is 23.2 Å². The van der Waals surface area contributed by atoms with Gasteiger partial charge < -0.3 is 4.74 Å². The van der Waals surface area contributed by atoms with Crippen molar-refractivity contribution in [3.8, 4) is 5.75 Å². The van der Waals surface area contributed by atoms with E-state index in [9.17, 15) is 8.42 Å². The maximum absolute atomic E-state index is 12.2. The van der Waals surface area contributed by atoms with Crippen LogP contribution in [0.4, 0.5) is 0 Å². The van der Waals surface area contributed by atoms with Gasteiger partial charge in [0.15, 0.2) is 4.33 Å². The van der Waals surface area contributed by atoms with Crippen LogP contribution in [0.5, 0.6) is 5.75 Å². The van der Waals surface area contributed by atoms with Crippen LogP contribution in [0.2, 0.25) is 0 Å². The molecule has 0 N–H and O–H groups in total. The molecule has 0 amide bonds. The minimum atomic E-state index is -3.88. The van der Waals surface area contributed by atoms with Crippen LogP contribution in [0.1, 0.15) is 5.56 Å². The quantitative estimate of drug-likeness (QED) is 0.604. The van der Waals surface area contributed by atoms with Crippen molar-refractivity contribution in [1.82, 2.24) is 0 Å². The zero-order valence-electron chi connectivity index (χ0n) is 11.6. The molecule has 116 valence electrons. The fourth-order valence-corrected chi connectivity index (χ4v) is 3.04. The minimum absolute atomic E-state index is 0.0294. The van der Waals surface area contributed by atoms with E-state index in [1.165, 1.54) is 31.4 Å². The molecule has 7 heteroatoms. The number of nitrogens with zero attached hydrogens (tertiary/aromatic N) is 1. The third-order valence-electron chi connectivity index (χ3n) is 2.87. The van der Waals surface area contributed by atoms with Gasteiger partial charge in [0.05, 0.1) is 18.2 Å². The topological polar surface area (TPSA) is 55.7 Å². The number of halogens is 2. The van der Waals surface area contributed by atoms with E-state index >= 15 is 0 Å². The van der Waals surface area contributed by atoms with Gasteiger partial charge in [-0.05, 0) is 29.8 Å². The van der Waals surface area contributed by atoms with Gasteiger partial charge in [-0.1, -0.05) is 53.5 Å². The lowest BCUT2D eigenvalue weighted by Crippen LogP contribution is -2.13. The van der Waals surface area contributed by atoms with Crippen molar-refractivity contribution in [2.24, 2.45) is 4.40 Å². The highest BCUT2D eigenvalue weighted by Gasteiger charge is 2.25. The predicted molar refractivity (Wildman–Crippen MR) is 88.5 cm³/mol. The third kappa shape index (κ3) is 4.00. The SMILES string of the molecule is COc1ccc(S(=O)(=O)N=CC(Cl)(Cl)c2ccccc2)cc1. The molecule has 2 aromatic rings. The number of alkyl halides is 2. The molecule has 0 radical (unpaired) electrons. The maximum Gasteiger partial charge on any atom is 0.282 e. The summed E-state index contributed by atoms with van der Waals surface area (Å²) in [6, 6.07) is 14.6. The summed E-state index contributed by atoms with van der Waals surface area (Å²) in [6.07, 6.45) is 1.00. The summed E-state index contributed by atoms with van der Waals surface area (Å²) >= 11 is 12.3. The van der Waals surface area contributed by atoms with Gasteiger partial charge in [0.25, 0.3) is 10.0 Å². The Balaban J connectivity index is 2.27. The van der Waals surface area contributed by atoms with Crippen molar-refractivity contribution in [3.05, 3.63) is 60.2 Å². The molecule has 0 unspecified atom stereocenters. The van der Waals surface area contributed by atoms with Crippen molar-refractivity contribution < 1.29 is 13.2 Å². The van der Waals surface area contributed by atoms with E-state index in [0.717, 1.165) is 6.21 Å². The summed E-state index contributed by atoms with van der Waals surface area (Å²) in [4.78, 5) is 0.0294. The first kappa shape index (κ1) is 16.8. The Bertz CT molecular complexity index is 757. The van der Waals surface area contributed by atoms with Gasteiger partial charge in [-0.2, -0.15) is 12.8 Å². The van der Waals surface area contributed by atoms with Crippen molar-refractivity contribution in [2.75, 3.05) is 7.11 Å². The van der Waals surface area contributed by atoms with Gasteiger partial charge in [0, 0.05) is 0 Å². The number of sulfonamides is 1. The van der Waals surface area contributed by atoms with E-state index in [0.29, 0.717) is 11.3 Å². The molecule has 2 rings (SSSR count). The fraction of sp³-hybridized carbons (Fsp3) is 0.133. The van der Waals surface area contributed by atoms with Crippen molar-refractivity contribution in [1.29, 1.82) is 0 Å². The largest absolute Gasteiger partial charge is 0.497 e. The number of benzene rings is 2. The summed E-state index contributed by atoms with van der Waals surface area (Å²) in [5.74, 6) is 0.552. The highest BCUT2D eigenvalue weighted by Crippen LogP contribution is 2.32. The molecule has 0 atom stereocenters. The highest BCUT2D eigenvalue weighted by atomic mass is 35.5. The third-order valence-corrected chi connectivity index (χ3v) is 4.75. The number of rotatable bonds is 5. The summed E-state index contributed by atoms with van der Waals surface area (Å²) < 4.78 is 31.3. The lowest BCUT2D eigenvalue weighted by Gasteiger charge is -2.14. The van der Waals surface area contributed by atoms with Crippen LogP contribution in [0, 0.1) is 0 Å². The molecule has 4 nitrogen and oxygen atoms in total. The molecule has 2 aromatic carbocycles. The first-order chi connectivity index (χ1) is 10.3. The van der Waals surface area contributed by atoms with E-state index in [1.54, 1.807) is 30.3 Å². The lowest BCUT2D eigenvalue weighted by atomic mass is 10.1.